The van der Waals surface area contributed by atoms with Gasteiger partial charge in [-0.15, -0.1) is 0 Å². The van der Waals surface area contributed by atoms with Crippen LogP contribution in [-0.2, 0) is 19.3 Å². The van der Waals surface area contributed by atoms with Gasteiger partial charge in [-0.25, -0.2) is 0 Å². The Balaban J connectivity index is 1.03. The van der Waals surface area contributed by atoms with Crippen LogP contribution in [-0.4, -0.2) is 8.07 Å². The van der Waals surface area contributed by atoms with Crippen molar-refractivity contribution in [2.75, 3.05) is 0 Å². The molecule has 0 saturated heterocycles. The summed E-state index contributed by atoms with van der Waals surface area (Å²) in [7, 11) is -2.73. The third-order valence-electron chi connectivity index (χ3n) is 14.0. The van der Waals surface area contributed by atoms with Gasteiger partial charge in [-0.05, 0) is 93.2 Å². The lowest BCUT2D eigenvalue weighted by molar-refractivity contribution is 0.489. The molecule has 9 aromatic rings. The van der Waals surface area contributed by atoms with Gasteiger partial charge in [0.2, 0.25) is 0 Å². The van der Waals surface area contributed by atoms with Crippen molar-refractivity contribution in [2.45, 2.75) is 38.5 Å². The molecule has 3 heteroatoms. The van der Waals surface area contributed by atoms with E-state index in [1.54, 1.807) is 0 Å². The van der Waals surface area contributed by atoms with Crippen molar-refractivity contribution < 1.29 is 9.47 Å². The van der Waals surface area contributed by atoms with Gasteiger partial charge in [0, 0.05) is 33.4 Å². The van der Waals surface area contributed by atoms with E-state index in [1.807, 2.05) is 24.3 Å². The van der Waals surface area contributed by atoms with Gasteiger partial charge in [0.1, 0.15) is 23.0 Å². The summed E-state index contributed by atoms with van der Waals surface area (Å²) in [6.07, 6.45) is 5.90. The number of ether oxygens (including phenoxy) is 2. The molecule has 2 heterocycles. The lowest BCUT2D eigenvalue weighted by Crippen LogP contribution is -2.76. The van der Waals surface area contributed by atoms with Gasteiger partial charge < -0.3 is 9.47 Å². The summed E-state index contributed by atoms with van der Waals surface area (Å²) in [5, 5.41) is 5.84. The average Bonchev–Trinajstić information content (AvgIpc) is 3.39. The van der Waals surface area contributed by atoms with E-state index in [9.17, 15) is 0 Å². The molecule has 0 fully saturated rings. The maximum Gasteiger partial charge on any atom is 0.180 e. The van der Waals surface area contributed by atoms with Crippen LogP contribution in [0.15, 0.2) is 237 Å². The number of fused-ring (bicyclic) bond motifs is 3. The van der Waals surface area contributed by atoms with Gasteiger partial charge in [-0.3, -0.25) is 0 Å². The quantitative estimate of drug-likeness (QED) is 0.101. The number of rotatable bonds is 10. The Kier molecular flexibility index (Phi) is 11.4. The Labute approximate surface area is 396 Å². The first-order valence-corrected chi connectivity index (χ1v) is 25.6. The van der Waals surface area contributed by atoms with E-state index in [0.29, 0.717) is 18.1 Å². The van der Waals surface area contributed by atoms with E-state index < -0.39 is 8.07 Å². The zero-order valence-electron chi connectivity index (χ0n) is 37.9. The molecule has 1 unspecified atom stereocenters. The van der Waals surface area contributed by atoms with Crippen LogP contribution in [0.4, 0.5) is 0 Å². The number of aryl methyl sites for hydroxylation is 1. The van der Waals surface area contributed by atoms with Crippen LogP contribution in [0.2, 0.25) is 0 Å². The zero-order valence-corrected chi connectivity index (χ0v) is 38.9. The fourth-order valence-electron chi connectivity index (χ4n) is 10.9. The largest absolute Gasteiger partial charge is 0.456 e. The normalized spacial score (nSPS) is 14.8. The molecule has 0 bridgehead atoms. The molecule has 2 aliphatic rings. The highest BCUT2D eigenvalue weighted by molar-refractivity contribution is 7.20. The predicted molar refractivity (Wildman–Crippen MR) is 282 cm³/mol. The third kappa shape index (κ3) is 7.75. The Morgan fingerprint density at radius 3 is 1.76 bits per heavy atom. The maximum atomic E-state index is 7.06. The summed E-state index contributed by atoms with van der Waals surface area (Å²) >= 11 is 0. The summed E-state index contributed by atoms with van der Waals surface area (Å²) in [6.45, 7) is 6.64. The lowest BCUT2D eigenvalue weighted by atomic mass is 9.84. The van der Waals surface area contributed by atoms with Crippen LogP contribution in [0.3, 0.4) is 0 Å². The summed E-state index contributed by atoms with van der Waals surface area (Å²) in [5.41, 5.74) is 12.6. The SMILES string of the molecule is C=C(Oc1c(C)c(-c2ccccc2)c2c(c1-c1ccc(CC3CCc4ccccc4[Si](c4ccccc4)(c4ccccc4)c4ccccc43)cc1)CC=C(c1ccccc1)O2)c1ccccc1. The molecule has 0 aromatic heterocycles. The zero-order chi connectivity index (χ0) is 45.2. The van der Waals surface area contributed by atoms with Crippen LogP contribution in [0, 0.1) is 6.92 Å². The highest BCUT2D eigenvalue weighted by Gasteiger charge is 2.45. The van der Waals surface area contributed by atoms with Gasteiger partial charge in [-0.1, -0.05) is 231 Å². The fraction of sp³-hybridized carbons (Fsp3) is 0.0938. The first kappa shape index (κ1) is 41.9. The summed E-state index contributed by atoms with van der Waals surface area (Å²) < 4.78 is 14.1. The number of benzene rings is 9. The Morgan fingerprint density at radius 2 is 1.10 bits per heavy atom. The Bertz CT molecular complexity index is 3190. The molecule has 0 aliphatic carbocycles. The third-order valence-corrected chi connectivity index (χ3v) is 19.0. The molecule has 324 valence electrons. The second-order valence-electron chi connectivity index (χ2n) is 17.9. The van der Waals surface area contributed by atoms with Crippen LogP contribution in [0.25, 0.3) is 33.8 Å². The molecular formula is C64H52O2Si. The summed E-state index contributed by atoms with van der Waals surface area (Å²) in [6, 6.07) is 81.9. The van der Waals surface area contributed by atoms with Gasteiger partial charge in [0.15, 0.2) is 8.07 Å². The minimum Gasteiger partial charge on any atom is -0.456 e. The Morgan fingerprint density at radius 1 is 0.567 bits per heavy atom. The minimum absolute atomic E-state index is 0.318. The van der Waals surface area contributed by atoms with Crippen LogP contribution in [0.5, 0.6) is 11.5 Å². The molecule has 2 aliphatic heterocycles. The summed E-state index contributed by atoms with van der Waals surface area (Å²) in [4.78, 5) is 0. The van der Waals surface area contributed by atoms with Crippen molar-refractivity contribution in [3.8, 4) is 33.8 Å². The van der Waals surface area contributed by atoms with Crippen molar-refractivity contribution in [3.63, 3.8) is 0 Å². The standard InChI is InChI=1S/C64H52O2Si/c1-45-61(51-27-12-5-13-28-51)64-57(42-43-58(66-64)49-24-10-4-11-25-49)62(63(45)65-46(2)48-22-8-3-9-23-48)52-38-36-47(37-39-52)44-53-41-40-50-26-18-20-34-59(50)67(54-29-14-6-15-30-54,55-31-16-7-17-32-55)60-35-21-19-33-56(53)60/h3-39,43,53H,2,40-42,44H2,1H3. The second-order valence-corrected chi connectivity index (χ2v) is 21.6. The molecule has 0 N–H and O–H groups in total. The van der Waals surface area contributed by atoms with Crippen molar-refractivity contribution in [2.24, 2.45) is 0 Å². The minimum atomic E-state index is -2.73. The van der Waals surface area contributed by atoms with E-state index in [0.717, 1.165) is 81.0 Å². The molecule has 9 aromatic carbocycles. The molecule has 2 nitrogen and oxygen atoms in total. The predicted octanol–water partition coefficient (Wildman–Crippen LogP) is 13.0. The molecule has 11 rings (SSSR count). The number of hydrogen-bond acceptors (Lipinski definition) is 2. The van der Waals surface area contributed by atoms with Crippen molar-refractivity contribution in [1.82, 2.24) is 0 Å². The topological polar surface area (TPSA) is 18.5 Å². The maximum absolute atomic E-state index is 7.06. The van der Waals surface area contributed by atoms with Crippen LogP contribution < -0.4 is 30.2 Å². The second kappa shape index (κ2) is 18.3. The van der Waals surface area contributed by atoms with Gasteiger partial charge in [-0.2, -0.15) is 0 Å². The number of hydrogen-bond donors (Lipinski definition) is 0. The number of allylic oxidation sites excluding steroid dienone is 1. The van der Waals surface area contributed by atoms with E-state index >= 15 is 0 Å². The smallest absolute Gasteiger partial charge is 0.180 e. The first-order valence-electron chi connectivity index (χ1n) is 23.6. The van der Waals surface area contributed by atoms with E-state index in [-0.39, 0.29) is 0 Å². The van der Waals surface area contributed by atoms with E-state index in [1.165, 1.54) is 37.4 Å². The lowest BCUT2D eigenvalue weighted by Gasteiger charge is -2.40. The fourth-order valence-corrected chi connectivity index (χ4v) is 16.3. The summed E-state index contributed by atoms with van der Waals surface area (Å²) in [5.74, 6) is 3.46. The van der Waals surface area contributed by atoms with E-state index in [2.05, 4.69) is 220 Å². The molecule has 1 atom stereocenters. The van der Waals surface area contributed by atoms with E-state index in [4.69, 9.17) is 9.47 Å². The van der Waals surface area contributed by atoms with Crippen molar-refractivity contribution in [3.05, 3.63) is 276 Å². The molecule has 0 amide bonds. The first-order chi connectivity index (χ1) is 33.1. The molecule has 0 saturated carbocycles. The highest BCUT2D eigenvalue weighted by atomic mass is 28.3. The molecule has 67 heavy (non-hydrogen) atoms. The molecule has 0 radical (unpaired) electrons. The monoisotopic (exact) mass is 880 g/mol. The van der Waals surface area contributed by atoms with Crippen LogP contribution in [0.1, 0.15) is 51.3 Å². The molecule has 0 spiro atoms. The van der Waals surface area contributed by atoms with Crippen molar-refractivity contribution >= 4 is 40.3 Å². The van der Waals surface area contributed by atoms with Crippen LogP contribution >= 0.6 is 0 Å². The van der Waals surface area contributed by atoms with Gasteiger partial charge in [0.25, 0.3) is 0 Å². The van der Waals surface area contributed by atoms with Crippen molar-refractivity contribution in [1.29, 1.82) is 0 Å². The average molecular weight is 881 g/mol. The van der Waals surface area contributed by atoms with Gasteiger partial charge in [0.05, 0.1) is 0 Å². The molecular weight excluding hydrogens is 829 g/mol. The Hall–Kier alpha value is -7.72. The highest BCUT2D eigenvalue weighted by Crippen LogP contribution is 2.52. The van der Waals surface area contributed by atoms with Gasteiger partial charge >= 0.3 is 0 Å².